The molecule has 0 aliphatic heterocycles. The second kappa shape index (κ2) is 4.61. The summed E-state index contributed by atoms with van der Waals surface area (Å²) in [6.45, 7) is 4.39. The zero-order valence-electron chi connectivity index (χ0n) is 8.45. The van der Waals surface area contributed by atoms with Crippen molar-refractivity contribution in [1.29, 1.82) is 0 Å². The summed E-state index contributed by atoms with van der Waals surface area (Å²) in [7, 11) is 0. The first kappa shape index (κ1) is 10.5. The maximum Gasteiger partial charge on any atom is 0.323 e. The highest BCUT2D eigenvalue weighted by atomic mass is 16.5. The first-order valence-corrected chi connectivity index (χ1v) is 5.03. The summed E-state index contributed by atoms with van der Waals surface area (Å²) < 4.78 is 5.05. The van der Waals surface area contributed by atoms with E-state index in [4.69, 9.17) is 10.5 Å². The number of esters is 1. The van der Waals surface area contributed by atoms with E-state index in [1.807, 2.05) is 13.8 Å². The Morgan fingerprint density at radius 1 is 1.54 bits per heavy atom. The molecule has 76 valence electrons. The topological polar surface area (TPSA) is 52.3 Å². The van der Waals surface area contributed by atoms with Gasteiger partial charge >= 0.3 is 5.97 Å². The molecule has 1 aliphatic carbocycles. The third-order valence-electron chi connectivity index (χ3n) is 2.46. The van der Waals surface area contributed by atoms with Crippen LogP contribution in [0, 0.1) is 11.8 Å². The van der Waals surface area contributed by atoms with Crippen molar-refractivity contribution in [3.63, 3.8) is 0 Å². The van der Waals surface area contributed by atoms with Gasteiger partial charge in [-0.2, -0.15) is 0 Å². The lowest BCUT2D eigenvalue weighted by atomic mass is 10.1. The average Bonchev–Trinajstić information content (AvgIpc) is 2.86. The first-order chi connectivity index (χ1) is 6.11. The number of rotatable bonds is 5. The fourth-order valence-electron chi connectivity index (χ4n) is 1.10. The molecule has 0 unspecified atom stereocenters. The van der Waals surface area contributed by atoms with Crippen molar-refractivity contribution in [2.75, 3.05) is 6.61 Å². The Morgan fingerprint density at radius 3 is 2.62 bits per heavy atom. The molecule has 1 aliphatic rings. The Kier molecular flexibility index (Phi) is 3.72. The van der Waals surface area contributed by atoms with Crippen LogP contribution < -0.4 is 5.73 Å². The molecule has 0 aromatic rings. The van der Waals surface area contributed by atoms with Gasteiger partial charge in [0, 0.05) is 0 Å². The van der Waals surface area contributed by atoms with E-state index in [9.17, 15) is 4.79 Å². The monoisotopic (exact) mass is 185 g/mol. The molecule has 0 radical (unpaired) electrons. The molecule has 1 saturated carbocycles. The van der Waals surface area contributed by atoms with Crippen molar-refractivity contribution >= 4 is 5.97 Å². The van der Waals surface area contributed by atoms with Gasteiger partial charge in [0.25, 0.3) is 0 Å². The number of hydrogen-bond donors (Lipinski definition) is 1. The minimum atomic E-state index is -0.459. The number of carbonyl (C=O) groups excluding carboxylic acids is 1. The molecule has 1 fully saturated rings. The van der Waals surface area contributed by atoms with E-state index in [1.54, 1.807) is 0 Å². The Morgan fingerprint density at radius 2 is 2.15 bits per heavy atom. The minimum Gasteiger partial charge on any atom is -0.465 e. The summed E-state index contributed by atoms with van der Waals surface area (Å²) in [6.07, 6.45) is 3.61. The van der Waals surface area contributed by atoms with Crippen molar-refractivity contribution in [2.24, 2.45) is 17.6 Å². The average molecular weight is 185 g/mol. The predicted molar refractivity (Wildman–Crippen MR) is 51.1 cm³/mol. The van der Waals surface area contributed by atoms with Crippen molar-refractivity contribution < 1.29 is 9.53 Å². The number of carbonyl (C=O) groups is 1. The summed E-state index contributed by atoms with van der Waals surface area (Å²) in [6, 6.07) is -0.459. The van der Waals surface area contributed by atoms with Crippen LogP contribution >= 0.6 is 0 Å². The van der Waals surface area contributed by atoms with Gasteiger partial charge in [-0.3, -0.25) is 4.79 Å². The highest BCUT2D eigenvalue weighted by molar-refractivity contribution is 5.75. The van der Waals surface area contributed by atoms with E-state index < -0.39 is 6.04 Å². The Bertz CT molecular complexity index is 176. The van der Waals surface area contributed by atoms with Crippen LogP contribution in [0.5, 0.6) is 0 Å². The molecule has 1 rings (SSSR count). The molecule has 1 atom stereocenters. The quantitative estimate of drug-likeness (QED) is 0.657. The van der Waals surface area contributed by atoms with Gasteiger partial charge in [0.1, 0.15) is 6.04 Å². The minimum absolute atomic E-state index is 0.161. The van der Waals surface area contributed by atoms with Crippen molar-refractivity contribution in [3.05, 3.63) is 0 Å². The fraction of sp³-hybridized carbons (Fsp3) is 0.900. The summed E-state index contributed by atoms with van der Waals surface area (Å²) in [5.74, 6) is 0.715. The van der Waals surface area contributed by atoms with Crippen LogP contribution in [0.3, 0.4) is 0 Å². The summed E-state index contributed by atoms with van der Waals surface area (Å²) in [5.41, 5.74) is 5.62. The second-order valence-corrected chi connectivity index (χ2v) is 4.17. The third kappa shape index (κ3) is 3.77. The molecule has 3 nitrogen and oxygen atoms in total. The molecule has 0 aromatic heterocycles. The molecule has 0 spiro atoms. The number of hydrogen-bond acceptors (Lipinski definition) is 3. The van der Waals surface area contributed by atoms with Crippen molar-refractivity contribution in [2.45, 2.75) is 39.2 Å². The van der Waals surface area contributed by atoms with Crippen molar-refractivity contribution in [3.8, 4) is 0 Å². The van der Waals surface area contributed by atoms with E-state index in [2.05, 4.69) is 0 Å². The van der Waals surface area contributed by atoms with Crippen LogP contribution in [0.15, 0.2) is 0 Å². The molecule has 3 heteroatoms. The molecule has 0 amide bonds. The third-order valence-corrected chi connectivity index (χ3v) is 2.46. The van der Waals surface area contributed by atoms with Crippen LogP contribution in [-0.4, -0.2) is 18.6 Å². The molecular formula is C10H19NO2. The smallest absolute Gasteiger partial charge is 0.323 e. The van der Waals surface area contributed by atoms with E-state index in [1.165, 1.54) is 12.8 Å². The standard InChI is InChI=1S/C10H19NO2/c1-7(2)9(11)10(12)13-6-5-8-3-4-8/h7-9H,3-6,11H2,1-2H3/t9-/m1/s1. The van der Waals surface area contributed by atoms with Crippen LogP contribution in [0.1, 0.15) is 33.1 Å². The van der Waals surface area contributed by atoms with Gasteiger partial charge < -0.3 is 10.5 Å². The molecule has 0 saturated heterocycles. The second-order valence-electron chi connectivity index (χ2n) is 4.17. The van der Waals surface area contributed by atoms with E-state index >= 15 is 0 Å². The Balaban J connectivity index is 2.08. The fourth-order valence-corrected chi connectivity index (χ4v) is 1.10. The Hall–Kier alpha value is -0.570. The predicted octanol–water partition coefficient (Wildman–Crippen LogP) is 1.31. The Labute approximate surface area is 79.6 Å². The van der Waals surface area contributed by atoms with Gasteiger partial charge in [0.05, 0.1) is 6.61 Å². The molecule has 0 aromatic carbocycles. The number of ether oxygens (including phenoxy) is 1. The largest absolute Gasteiger partial charge is 0.465 e. The van der Waals surface area contributed by atoms with E-state index in [-0.39, 0.29) is 11.9 Å². The highest BCUT2D eigenvalue weighted by Crippen LogP contribution is 2.32. The van der Waals surface area contributed by atoms with Gasteiger partial charge in [0.2, 0.25) is 0 Å². The summed E-state index contributed by atoms with van der Waals surface area (Å²) >= 11 is 0. The van der Waals surface area contributed by atoms with E-state index in [0.717, 1.165) is 12.3 Å². The zero-order valence-corrected chi connectivity index (χ0v) is 8.45. The SMILES string of the molecule is CC(C)[C@@H](N)C(=O)OCCC1CC1. The first-order valence-electron chi connectivity index (χ1n) is 5.03. The van der Waals surface area contributed by atoms with Gasteiger partial charge in [-0.05, 0) is 18.3 Å². The maximum atomic E-state index is 11.2. The van der Waals surface area contributed by atoms with Gasteiger partial charge in [-0.1, -0.05) is 26.7 Å². The molecule has 0 heterocycles. The van der Waals surface area contributed by atoms with Gasteiger partial charge in [-0.15, -0.1) is 0 Å². The molecular weight excluding hydrogens is 166 g/mol. The van der Waals surface area contributed by atoms with Crippen LogP contribution in [0.2, 0.25) is 0 Å². The van der Waals surface area contributed by atoms with Crippen LogP contribution in [-0.2, 0) is 9.53 Å². The molecule has 2 N–H and O–H groups in total. The summed E-state index contributed by atoms with van der Waals surface area (Å²) in [5, 5.41) is 0. The highest BCUT2D eigenvalue weighted by Gasteiger charge is 2.23. The molecule has 0 bridgehead atoms. The van der Waals surface area contributed by atoms with Crippen molar-refractivity contribution in [1.82, 2.24) is 0 Å². The van der Waals surface area contributed by atoms with Crippen LogP contribution in [0.25, 0.3) is 0 Å². The van der Waals surface area contributed by atoms with Gasteiger partial charge in [0.15, 0.2) is 0 Å². The maximum absolute atomic E-state index is 11.2. The summed E-state index contributed by atoms with van der Waals surface area (Å²) in [4.78, 5) is 11.2. The van der Waals surface area contributed by atoms with Crippen LogP contribution in [0.4, 0.5) is 0 Å². The lowest BCUT2D eigenvalue weighted by Gasteiger charge is -2.14. The van der Waals surface area contributed by atoms with Gasteiger partial charge in [-0.25, -0.2) is 0 Å². The lowest BCUT2D eigenvalue weighted by molar-refractivity contribution is -0.146. The zero-order chi connectivity index (χ0) is 9.84. The lowest BCUT2D eigenvalue weighted by Crippen LogP contribution is -2.37. The van der Waals surface area contributed by atoms with E-state index in [0.29, 0.717) is 6.61 Å². The molecule has 13 heavy (non-hydrogen) atoms. The normalized spacial score (nSPS) is 18.8. The number of nitrogens with two attached hydrogens (primary N) is 1.